The average molecular weight is 280 g/mol. The van der Waals surface area contributed by atoms with Crippen molar-refractivity contribution in [2.75, 3.05) is 0 Å². The van der Waals surface area contributed by atoms with Crippen LogP contribution in [0.1, 0.15) is 0 Å². The fourth-order valence-corrected chi connectivity index (χ4v) is 3.01. The number of hydrogen-bond donors (Lipinski definition) is 1. The summed E-state index contributed by atoms with van der Waals surface area (Å²) in [5, 5.41) is 6.62. The Morgan fingerprint density at radius 3 is 2.70 bits per heavy atom. The lowest BCUT2D eigenvalue weighted by Crippen LogP contribution is -1.91. The highest BCUT2D eigenvalue weighted by molar-refractivity contribution is 7.13. The Labute approximate surface area is 119 Å². The maximum atomic E-state index is 4.66. The largest absolute Gasteiger partial charge is 0.334 e. The number of aromatic amines is 1. The smallest absolute Gasteiger partial charge is 0.177 e. The van der Waals surface area contributed by atoms with E-state index in [1.807, 2.05) is 36.0 Å². The van der Waals surface area contributed by atoms with Gasteiger partial charge in [0.1, 0.15) is 11.2 Å². The van der Waals surface area contributed by atoms with Crippen molar-refractivity contribution in [3.05, 3.63) is 47.8 Å². The average Bonchev–Trinajstić information content (AvgIpc) is 3.17. The van der Waals surface area contributed by atoms with Crippen LogP contribution in [-0.4, -0.2) is 19.7 Å². The predicted octanol–water partition coefficient (Wildman–Crippen LogP) is 3.69. The van der Waals surface area contributed by atoms with Crippen LogP contribution in [0, 0.1) is 0 Å². The molecule has 0 bridgehead atoms. The van der Waals surface area contributed by atoms with Gasteiger partial charge in [-0.2, -0.15) is 5.10 Å². The van der Waals surface area contributed by atoms with Gasteiger partial charge in [0.25, 0.3) is 0 Å². The van der Waals surface area contributed by atoms with Crippen molar-refractivity contribution in [2.24, 2.45) is 7.05 Å². The van der Waals surface area contributed by atoms with E-state index in [1.165, 1.54) is 0 Å². The highest BCUT2D eigenvalue weighted by Gasteiger charge is 2.16. The Bertz CT molecular complexity index is 856. The number of nitrogens with one attached hydrogen (secondary N) is 1. The van der Waals surface area contributed by atoms with E-state index in [0.717, 1.165) is 33.1 Å². The summed E-state index contributed by atoms with van der Waals surface area (Å²) >= 11 is 1.68. The lowest BCUT2D eigenvalue weighted by Gasteiger charge is -1.96. The first-order chi connectivity index (χ1) is 9.83. The maximum absolute atomic E-state index is 4.66. The number of hydrogen-bond acceptors (Lipinski definition) is 3. The first-order valence-corrected chi connectivity index (χ1v) is 7.23. The lowest BCUT2D eigenvalue weighted by atomic mass is 10.1. The van der Waals surface area contributed by atoms with E-state index in [9.17, 15) is 0 Å². The topological polar surface area (TPSA) is 46.5 Å². The number of thiophene rings is 1. The van der Waals surface area contributed by atoms with E-state index in [1.54, 1.807) is 11.3 Å². The molecule has 4 aromatic rings. The molecule has 0 aliphatic rings. The van der Waals surface area contributed by atoms with Crippen LogP contribution < -0.4 is 0 Å². The van der Waals surface area contributed by atoms with Crippen molar-refractivity contribution in [3.63, 3.8) is 0 Å². The Balaban J connectivity index is 1.95. The van der Waals surface area contributed by atoms with Gasteiger partial charge < -0.3 is 4.98 Å². The van der Waals surface area contributed by atoms with Crippen LogP contribution in [0.3, 0.4) is 0 Å². The summed E-state index contributed by atoms with van der Waals surface area (Å²) in [4.78, 5) is 9.20. The summed E-state index contributed by atoms with van der Waals surface area (Å²) in [6.45, 7) is 0. The summed E-state index contributed by atoms with van der Waals surface area (Å²) in [6, 6.07) is 14.3. The molecule has 4 nitrogen and oxygen atoms in total. The summed E-state index contributed by atoms with van der Waals surface area (Å²) in [5.74, 6) is 0.903. The second-order valence-corrected chi connectivity index (χ2v) is 5.55. The molecule has 0 atom stereocenters. The monoisotopic (exact) mass is 280 g/mol. The summed E-state index contributed by atoms with van der Waals surface area (Å²) in [6.07, 6.45) is 0. The molecule has 0 amide bonds. The van der Waals surface area contributed by atoms with E-state index in [2.05, 4.69) is 38.6 Å². The molecule has 0 unspecified atom stereocenters. The summed E-state index contributed by atoms with van der Waals surface area (Å²) < 4.78 is 1.82. The second kappa shape index (κ2) is 4.31. The molecule has 0 fully saturated rings. The van der Waals surface area contributed by atoms with Crippen LogP contribution in [0.25, 0.3) is 33.1 Å². The molecule has 0 aliphatic carbocycles. The highest BCUT2D eigenvalue weighted by Crippen LogP contribution is 2.30. The SMILES string of the molecule is Cn1nc(-c2ccccc2)c2[nH]c(-c3cccs3)nc21. The summed E-state index contributed by atoms with van der Waals surface area (Å²) in [5.41, 5.74) is 3.91. The van der Waals surface area contributed by atoms with E-state index in [-0.39, 0.29) is 0 Å². The van der Waals surface area contributed by atoms with Gasteiger partial charge in [0, 0.05) is 12.6 Å². The third-order valence-electron chi connectivity index (χ3n) is 3.28. The molecule has 0 saturated carbocycles. The normalized spacial score (nSPS) is 11.2. The Morgan fingerprint density at radius 1 is 1.10 bits per heavy atom. The first-order valence-electron chi connectivity index (χ1n) is 6.35. The second-order valence-electron chi connectivity index (χ2n) is 4.60. The Morgan fingerprint density at radius 2 is 1.95 bits per heavy atom. The molecular formula is C15H12N4S. The molecule has 1 N–H and O–H groups in total. The standard InChI is InChI=1S/C15H12N4S/c1-19-15-13(12(18-19)10-6-3-2-4-7-10)16-14(17-15)11-8-5-9-20-11/h2-9H,1H3,(H,16,17). The van der Waals surface area contributed by atoms with Crippen molar-refractivity contribution >= 4 is 22.5 Å². The van der Waals surface area contributed by atoms with Gasteiger partial charge in [-0.25, -0.2) is 9.67 Å². The molecule has 3 heterocycles. The molecule has 0 spiro atoms. The van der Waals surface area contributed by atoms with Crippen LogP contribution in [0.4, 0.5) is 0 Å². The van der Waals surface area contributed by atoms with E-state index < -0.39 is 0 Å². The lowest BCUT2D eigenvalue weighted by molar-refractivity contribution is 0.790. The molecule has 20 heavy (non-hydrogen) atoms. The number of fused-ring (bicyclic) bond motifs is 1. The van der Waals surface area contributed by atoms with Gasteiger partial charge in [0.05, 0.1) is 4.88 Å². The van der Waals surface area contributed by atoms with Crippen LogP contribution in [0.15, 0.2) is 47.8 Å². The molecular weight excluding hydrogens is 268 g/mol. The van der Waals surface area contributed by atoms with E-state index in [0.29, 0.717) is 0 Å². The fourth-order valence-electron chi connectivity index (χ4n) is 2.34. The number of nitrogens with zero attached hydrogens (tertiary/aromatic N) is 3. The van der Waals surface area contributed by atoms with E-state index in [4.69, 9.17) is 0 Å². The first kappa shape index (κ1) is 11.4. The van der Waals surface area contributed by atoms with E-state index >= 15 is 0 Å². The maximum Gasteiger partial charge on any atom is 0.177 e. The Kier molecular flexibility index (Phi) is 2.47. The quantitative estimate of drug-likeness (QED) is 0.608. The number of H-pyrrole nitrogens is 1. The fraction of sp³-hybridized carbons (Fsp3) is 0.0667. The molecule has 5 heteroatoms. The minimum atomic E-state index is 0.882. The van der Waals surface area contributed by atoms with Gasteiger partial charge in [-0.15, -0.1) is 11.3 Å². The number of imidazole rings is 1. The number of benzene rings is 1. The molecule has 98 valence electrons. The minimum absolute atomic E-state index is 0.882. The number of aromatic nitrogens is 4. The van der Waals surface area contributed by atoms with Gasteiger partial charge in [0.15, 0.2) is 11.5 Å². The van der Waals surface area contributed by atoms with Gasteiger partial charge in [0.2, 0.25) is 0 Å². The van der Waals surface area contributed by atoms with Crippen LogP contribution in [-0.2, 0) is 7.05 Å². The van der Waals surface area contributed by atoms with Crippen molar-refractivity contribution in [1.82, 2.24) is 19.7 Å². The third kappa shape index (κ3) is 1.67. The van der Waals surface area contributed by atoms with Crippen LogP contribution in [0.2, 0.25) is 0 Å². The zero-order chi connectivity index (χ0) is 13.5. The summed E-state index contributed by atoms with van der Waals surface area (Å²) in [7, 11) is 1.92. The molecule has 0 saturated heterocycles. The van der Waals surface area contributed by atoms with Gasteiger partial charge in [-0.3, -0.25) is 0 Å². The zero-order valence-electron chi connectivity index (χ0n) is 10.9. The predicted molar refractivity (Wildman–Crippen MR) is 81.6 cm³/mol. The number of rotatable bonds is 2. The molecule has 0 radical (unpaired) electrons. The zero-order valence-corrected chi connectivity index (χ0v) is 11.7. The van der Waals surface area contributed by atoms with Crippen molar-refractivity contribution < 1.29 is 0 Å². The number of aryl methyl sites for hydroxylation is 1. The van der Waals surface area contributed by atoms with Crippen LogP contribution >= 0.6 is 11.3 Å². The van der Waals surface area contributed by atoms with Gasteiger partial charge in [-0.1, -0.05) is 36.4 Å². The van der Waals surface area contributed by atoms with Crippen molar-refractivity contribution in [1.29, 1.82) is 0 Å². The molecule has 4 rings (SSSR count). The third-order valence-corrected chi connectivity index (χ3v) is 4.16. The van der Waals surface area contributed by atoms with Gasteiger partial charge in [-0.05, 0) is 11.4 Å². The van der Waals surface area contributed by atoms with Crippen LogP contribution in [0.5, 0.6) is 0 Å². The molecule has 0 aliphatic heterocycles. The molecule has 3 aromatic heterocycles. The minimum Gasteiger partial charge on any atom is -0.334 e. The highest BCUT2D eigenvalue weighted by atomic mass is 32.1. The van der Waals surface area contributed by atoms with Crippen molar-refractivity contribution in [3.8, 4) is 22.0 Å². The van der Waals surface area contributed by atoms with Gasteiger partial charge >= 0.3 is 0 Å². The molecule has 1 aromatic carbocycles. The Hall–Kier alpha value is -2.40. The van der Waals surface area contributed by atoms with Crippen molar-refractivity contribution in [2.45, 2.75) is 0 Å².